The maximum absolute atomic E-state index is 12.2. The third-order valence-corrected chi connectivity index (χ3v) is 3.41. The first-order chi connectivity index (χ1) is 10.0. The van der Waals surface area contributed by atoms with E-state index in [1.54, 1.807) is 17.0 Å². The van der Waals surface area contributed by atoms with Crippen molar-refractivity contribution in [2.24, 2.45) is 0 Å². The number of urea groups is 1. The molecule has 1 aromatic rings. The third kappa shape index (κ3) is 3.52. The van der Waals surface area contributed by atoms with Crippen LogP contribution in [0.5, 0.6) is 0 Å². The summed E-state index contributed by atoms with van der Waals surface area (Å²) in [7, 11) is 0. The lowest BCUT2D eigenvalue weighted by atomic mass is 10.1. The highest BCUT2D eigenvalue weighted by atomic mass is 16.5. The second-order valence-electron chi connectivity index (χ2n) is 5.06. The molecule has 6 nitrogen and oxygen atoms in total. The number of amides is 2. The van der Waals surface area contributed by atoms with Gasteiger partial charge in [-0.25, -0.2) is 9.59 Å². The van der Waals surface area contributed by atoms with Gasteiger partial charge in [-0.05, 0) is 44.0 Å². The number of benzene rings is 1. The summed E-state index contributed by atoms with van der Waals surface area (Å²) in [5.41, 5.74) is 1.92. The fourth-order valence-corrected chi connectivity index (χ4v) is 2.37. The molecule has 1 aliphatic rings. The predicted molar refractivity (Wildman–Crippen MR) is 78.9 cm³/mol. The number of nitrogens with one attached hydrogen (secondary N) is 1. The Morgan fingerprint density at radius 1 is 1.48 bits per heavy atom. The molecule has 1 unspecified atom stereocenters. The molecule has 0 aliphatic carbocycles. The van der Waals surface area contributed by atoms with Gasteiger partial charge in [-0.3, -0.25) is 4.90 Å². The van der Waals surface area contributed by atoms with Crippen LogP contribution < -0.4 is 10.2 Å². The molecule has 2 N–H and O–H groups in total. The summed E-state index contributed by atoms with van der Waals surface area (Å²) in [5.74, 6) is -0.953. The number of fused-ring (bicyclic) bond motifs is 1. The number of hydrogen-bond donors (Lipinski definition) is 2. The number of carboxylic acid groups (broad SMARTS) is 1. The molecule has 1 aliphatic heterocycles. The second-order valence-corrected chi connectivity index (χ2v) is 5.06. The molecule has 6 heteroatoms. The Kier molecular flexibility index (Phi) is 4.80. The molecular weight excluding hydrogens is 272 g/mol. The van der Waals surface area contributed by atoms with Crippen LogP contribution in [0.2, 0.25) is 0 Å². The van der Waals surface area contributed by atoms with E-state index in [-0.39, 0.29) is 17.6 Å². The monoisotopic (exact) mass is 292 g/mol. The number of carbonyl (C=O) groups is 2. The van der Waals surface area contributed by atoms with Crippen LogP contribution in [0, 0.1) is 0 Å². The summed E-state index contributed by atoms with van der Waals surface area (Å²) in [5, 5.41) is 11.9. The largest absolute Gasteiger partial charge is 0.478 e. The van der Waals surface area contributed by atoms with Crippen molar-refractivity contribution in [1.29, 1.82) is 0 Å². The smallest absolute Gasteiger partial charge is 0.335 e. The van der Waals surface area contributed by atoms with Gasteiger partial charge in [-0.15, -0.1) is 0 Å². The highest BCUT2D eigenvalue weighted by Gasteiger charge is 2.26. The molecule has 1 aromatic carbocycles. The van der Waals surface area contributed by atoms with Gasteiger partial charge in [-0.1, -0.05) is 0 Å². The molecule has 21 heavy (non-hydrogen) atoms. The topological polar surface area (TPSA) is 78.9 Å². The van der Waals surface area contributed by atoms with E-state index in [1.165, 1.54) is 6.07 Å². The molecule has 0 fully saturated rings. The van der Waals surface area contributed by atoms with Crippen LogP contribution in [0.25, 0.3) is 0 Å². The molecule has 114 valence electrons. The zero-order valence-electron chi connectivity index (χ0n) is 12.3. The van der Waals surface area contributed by atoms with Crippen molar-refractivity contribution >= 4 is 17.7 Å². The van der Waals surface area contributed by atoms with Crippen LogP contribution in [0.1, 0.15) is 29.8 Å². The number of rotatable bonds is 5. The molecule has 0 bridgehead atoms. The summed E-state index contributed by atoms with van der Waals surface area (Å²) < 4.78 is 5.27. The Labute approximate surface area is 123 Å². The van der Waals surface area contributed by atoms with Crippen LogP contribution in [-0.2, 0) is 11.2 Å². The minimum absolute atomic E-state index is 0.0696. The van der Waals surface area contributed by atoms with Crippen LogP contribution in [0.15, 0.2) is 18.2 Å². The van der Waals surface area contributed by atoms with Gasteiger partial charge < -0.3 is 15.2 Å². The Morgan fingerprint density at radius 2 is 2.24 bits per heavy atom. The van der Waals surface area contributed by atoms with E-state index >= 15 is 0 Å². The van der Waals surface area contributed by atoms with Crippen molar-refractivity contribution in [3.63, 3.8) is 0 Å². The van der Waals surface area contributed by atoms with E-state index in [0.29, 0.717) is 26.2 Å². The van der Waals surface area contributed by atoms with E-state index in [1.807, 2.05) is 13.8 Å². The Morgan fingerprint density at radius 3 is 2.90 bits per heavy atom. The first-order valence-corrected chi connectivity index (χ1v) is 7.05. The molecule has 1 atom stereocenters. The van der Waals surface area contributed by atoms with E-state index in [2.05, 4.69) is 5.32 Å². The van der Waals surface area contributed by atoms with Gasteiger partial charge >= 0.3 is 12.0 Å². The Bertz CT molecular complexity index is 544. The predicted octanol–water partition coefficient (Wildman–Crippen LogP) is 1.88. The van der Waals surface area contributed by atoms with Crippen molar-refractivity contribution in [2.75, 3.05) is 24.7 Å². The first-order valence-electron chi connectivity index (χ1n) is 7.05. The minimum Gasteiger partial charge on any atom is -0.478 e. The highest BCUT2D eigenvalue weighted by molar-refractivity contribution is 5.96. The normalized spacial score (nSPS) is 14.7. The molecule has 0 radical (unpaired) electrons. The molecule has 2 rings (SSSR count). The van der Waals surface area contributed by atoms with Crippen molar-refractivity contribution < 1.29 is 19.4 Å². The third-order valence-electron chi connectivity index (χ3n) is 3.41. The summed E-state index contributed by atoms with van der Waals surface area (Å²) >= 11 is 0. The Hall–Kier alpha value is -2.08. The summed E-state index contributed by atoms with van der Waals surface area (Å²) in [6.07, 6.45) is 0.670. The average Bonchev–Trinajstić information content (AvgIpc) is 2.87. The number of carbonyl (C=O) groups excluding carboxylic acids is 1. The fraction of sp³-hybridized carbons (Fsp3) is 0.467. The van der Waals surface area contributed by atoms with Gasteiger partial charge in [0.05, 0.1) is 18.2 Å². The average molecular weight is 292 g/mol. The van der Waals surface area contributed by atoms with Crippen molar-refractivity contribution in [1.82, 2.24) is 5.32 Å². The van der Waals surface area contributed by atoms with Gasteiger partial charge in [-0.2, -0.15) is 0 Å². The van der Waals surface area contributed by atoms with Gasteiger partial charge in [0, 0.05) is 18.8 Å². The van der Waals surface area contributed by atoms with Crippen LogP contribution in [0.3, 0.4) is 0 Å². The maximum Gasteiger partial charge on any atom is 0.335 e. The maximum atomic E-state index is 12.2. The van der Waals surface area contributed by atoms with E-state index < -0.39 is 5.97 Å². The van der Waals surface area contributed by atoms with E-state index in [9.17, 15) is 9.59 Å². The molecule has 0 saturated heterocycles. The Balaban J connectivity index is 2.05. The zero-order chi connectivity index (χ0) is 15.4. The number of aromatic carboxylic acids is 1. The molecule has 0 saturated carbocycles. The molecule has 2 amide bonds. The lowest BCUT2D eigenvalue weighted by molar-refractivity contribution is 0.0697. The molecule has 0 aromatic heterocycles. The van der Waals surface area contributed by atoms with Gasteiger partial charge in [0.25, 0.3) is 0 Å². The van der Waals surface area contributed by atoms with Crippen LogP contribution >= 0.6 is 0 Å². The van der Waals surface area contributed by atoms with Gasteiger partial charge in [0.2, 0.25) is 0 Å². The number of ether oxygens (including phenoxy) is 1. The summed E-state index contributed by atoms with van der Waals surface area (Å²) in [4.78, 5) is 24.8. The van der Waals surface area contributed by atoms with Crippen molar-refractivity contribution in [3.05, 3.63) is 29.3 Å². The number of carboxylic acids is 1. The molecular formula is C15H20N2O4. The fourth-order valence-electron chi connectivity index (χ4n) is 2.37. The van der Waals surface area contributed by atoms with Crippen LogP contribution in [-0.4, -0.2) is 42.9 Å². The molecule has 1 heterocycles. The van der Waals surface area contributed by atoms with Crippen LogP contribution in [0.4, 0.5) is 10.5 Å². The quantitative estimate of drug-likeness (QED) is 0.868. The summed E-state index contributed by atoms with van der Waals surface area (Å²) in [6, 6.07) is 4.60. The van der Waals surface area contributed by atoms with Gasteiger partial charge in [0.1, 0.15) is 0 Å². The summed E-state index contributed by atoms with van der Waals surface area (Å²) in [6.45, 7) is 5.45. The minimum atomic E-state index is -0.953. The van der Waals surface area contributed by atoms with E-state index in [4.69, 9.17) is 9.84 Å². The lowest BCUT2D eigenvalue weighted by Crippen LogP contribution is -2.44. The number of anilines is 1. The highest BCUT2D eigenvalue weighted by Crippen LogP contribution is 2.28. The standard InChI is InChI=1S/C15H20N2O4/c1-3-21-9-10(2)16-15(20)17-7-6-11-8-12(14(18)19)4-5-13(11)17/h4-5,8,10H,3,6-7,9H2,1-2H3,(H,16,20)(H,18,19). The first kappa shape index (κ1) is 15.3. The second kappa shape index (κ2) is 6.58. The number of nitrogens with zero attached hydrogens (tertiary/aromatic N) is 1. The SMILES string of the molecule is CCOCC(C)NC(=O)N1CCc2cc(C(=O)O)ccc21. The number of hydrogen-bond acceptors (Lipinski definition) is 3. The molecule has 0 spiro atoms. The van der Waals surface area contributed by atoms with Crippen molar-refractivity contribution in [3.8, 4) is 0 Å². The lowest BCUT2D eigenvalue weighted by Gasteiger charge is -2.21. The van der Waals surface area contributed by atoms with Gasteiger partial charge in [0.15, 0.2) is 0 Å². The van der Waals surface area contributed by atoms with Crippen molar-refractivity contribution in [2.45, 2.75) is 26.3 Å². The van der Waals surface area contributed by atoms with E-state index in [0.717, 1.165) is 11.3 Å². The zero-order valence-corrected chi connectivity index (χ0v) is 12.3.